The van der Waals surface area contributed by atoms with E-state index in [0.29, 0.717) is 21.8 Å². The molecule has 0 bridgehead atoms. The zero-order valence-corrected chi connectivity index (χ0v) is 16.6. The Balaban J connectivity index is 1.74. The molecule has 0 aromatic heterocycles. The molecule has 4 nitrogen and oxygen atoms in total. The number of halogens is 1. The third-order valence-electron chi connectivity index (χ3n) is 5.48. The number of rotatable bonds is 5. The first kappa shape index (κ1) is 19.4. The molecule has 4 rings (SSSR count). The topological polar surface area (TPSA) is 57.6 Å². The van der Waals surface area contributed by atoms with E-state index in [9.17, 15) is 14.7 Å². The van der Waals surface area contributed by atoms with Gasteiger partial charge in [0.15, 0.2) is 11.4 Å². The maximum Gasteiger partial charge on any atom is 0.264 e. The fourth-order valence-electron chi connectivity index (χ4n) is 3.90. The summed E-state index contributed by atoms with van der Waals surface area (Å²) in [4.78, 5) is 28.0. The molecule has 1 heterocycles. The van der Waals surface area contributed by atoms with Crippen molar-refractivity contribution >= 4 is 29.0 Å². The van der Waals surface area contributed by atoms with E-state index in [-0.39, 0.29) is 12.3 Å². The Morgan fingerprint density at radius 1 is 1.03 bits per heavy atom. The van der Waals surface area contributed by atoms with E-state index in [1.165, 1.54) is 4.90 Å². The molecule has 0 aliphatic carbocycles. The number of ketones is 1. The fourth-order valence-corrected chi connectivity index (χ4v) is 4.11. The van der Waals surface area contributed by atoms with Crippen LogP contribution in [0.15, 0.2) is 78.9 Å². The quantitative estimate of drug-likeness (QED) is 0.631. The Bertz CT molecular complexity index is 1080. The van der Waals surface area contributed by atoms with Gasteiger partial charge in [-0.3, -0.25) is 9.59 Å². The Hall–Kier alpha value is -2.95. The summed E-state index contributed by atoms with van der Waals surface area (Å²) in [5, 5.41) is 12.2. The van der Waals surface area contributed by atoms with Crippen LogP contribution in [0.1, 0.15) is 28.4 Å². The smallest absolute Gasteiger partial charge is 0.264 e. The summed E-state index contributed by atoms with van der Waals surface area (Å²) in [5.74, 6) is -1.72. The van der Waals surface area contributed by atoms with Gasteiger partial charge < -0.3 is 10.0 Å². The molecule has 5 heteroatoms. The zero-order chi connectivity index (χ0) is 20.6. The number of para-hydroxylation sites is 1. The predicted molar refractivity (Wildman–Crippen MR) is 113 cm³/mol. The van der Waals surface area contributed by atoms with Crippen LogP contribution in [0.2, 0.25) is 5.02 Å². The van der Waals surface area contributed by atoms with Gasteiger partial charge in [0.05, 0.1) is 18.2 Å². The van der Waals surface area contributed by atoms with Gasteiger partial charge in [0.2, 0.25) is 0 Å². The third-order valence-corrected chi connectivity index (χ3v) is 5.72. The van der Waals surface area contributed by atoms with Crippen LogP contribution in [0.25, 0.3) is 0 Å². The van der Waals surface area contributed by atoms with Crippen molar-refractivity contribution in [2.24, 2.45) is 5.92 Å². The highest BCUT2D eigenvalue weighted by atomic mass is 35.5. The summed E-state index contributed by atoms with van der Waals surface area (Å²) < 4.78 is 0. The first-order valence-electron chi connectivity index (χ1n) is 9.40. The lowest BCUT2D eigenvalue weighted by Crippen LogP contribution is -2.47. The molecule has 2 atom stereocenters. The second-order valence-electron chi connectivity index (χ2n) is 7.26. The minimum atomic E-state index is -1.93. The minimum Gasteiger partial charge on any atom is -0.375 e. The van der Waals surface area contributed by atoms with Crippen molar-refractivity contribution in [1.82, 2.24) is 0 Å². The van der Waals surface area contributed by atoms with Gasteiger partial charge >= 0.3 is 0 Å². The normalized spacial score (nSPS) is 19.1. The van der Waals surface area contributed by atoms with Crippen LogP contribution in [0.4, 0.5) is 5.69 Å². The molecule has 3 aromatic rings. The Morgan fingerprint density at radius 3 is 2.45 bits per heavy atom. The van der Waals surface area contributed by atoms with Crippen molar-refractivity contribution in [3.05, 3.63) is 101 Å². The first-order chi connectivity index (χ1) is 13.9. The summed E-state index contributed by atoms with van der Waals surface area (Å²) in [6, 6.07) is 23.0. The zero-order valence-electron chi connectivity index (χ0n) is 15.9. The average Bonchev–Trinajstić information content (AvgIpc) is 2.96. The second kappa shape index (κ2) is 7.47. The van der Waals surface area contributed by atoms with Gasteiger partial charge in [-0.25, -0.2) is 0 Å². The molecule has 146 valence electrons. The highest BCUT2D eigenvalue weighted by Crippen LogP contribution is 2.46. The molecule has 0 radical (unpaired) electrons. The monoisotopic (exact) mass is 405 g/mol. The lowest BCUT2D eigenvalue weighted by Gasteiger charge is -2.28. The number of hydrogen-bond donors (Lipinski definition) is 1. The average molecular weight is 406 g/mol. The van der Waals surface area contributed by atoms with Crippen molar-refractivity contribution in [3.63, 3.8) is 0 Å². The number of aliphatic hydroxyl groups is 1. The molecule has 0 saturated heterocycles. The fraction of sp³-hybridized carbons (Fsp3) is 0.167. The summed E-state index contributed by atoms with van der Waals surface area (Å²) in [6.45, 7) is 1.86. The van der Waals surface area contributed by atoms with Crippen LogP contribution in [-0.2, 0) is 16.9 Å². The maximum atomic E-state index is 13.4. The van der Waals surface area contributed by atoms with E-state index < -0.39 is 17.4 Å². The standard InChI is InChI=1S/C24H20ClNO3/c1-16(22(27)18-9-3-2-4-10-18)24(29)20-12-5-6-13-21(20)26(23(24)28)15-17-8-7-11-19(25)14-17/h2-14,16,29H,15H2,1H3/t16-,24-/m1/s1. The van der Waals surface area contributed by atoms with Crippen LogP contribution in [-0.4, -0.2) is 16.8 Å². The number of fused-ring (bicyclic) bond motifs is 1. The van der Waals surface area contributed by atoms with E-state index in [1.54, 1.807) is 61.5 Å². The van der Waals surface area contributed by atoms with Crippen molar-refractivity contribution < 1.29 is 14.7 Å². The van der Waals surface area contributed by atoms with Crippen molar-refractivity contribution in [3.8, 4) is 0 Å². The summed E-state index contributed by atoms with van der Waals surface area (Å²) in [5.41, 5.74) is 0.428. The molecule has 0 saturated carbocycles. The molecule has 3 aromatic carbocycles. The first-order valence-corrected chi connectivity index (χ1v) is 9.78. The lowest BCUT2D eigenvalue weighted by atomic mass is 9.79. The maximum absolute atomic E-state index is 13.4. The predicted octanol–water partition coefficient (Wildman–Crippen LogP) is 4.59. The van der Waals surface area contributed by atoms with Gasteiger partial charge in [0.1, 0.15) is 0 Å². The number of anilines is 1. The van der Waals surface area contributed by atoms with Crippen LogP contribution in [0.5, 0.6) is 0 Å². The van der Waals surface area contributed by atoms with Crippen LogP contribution in [0, 0.1) is 5.92 Å². The number of carbonyl (C=O) groups is 2. The molecular formula is C24H20ClNO3. The Labute approximate surface area is 174 Å². The van der Waals surface area contributed by atoms with E-state index in [0.717, 1.165) is 5.56 Å². The Kier molecular flexibility index (Phi) is 4.99. The van der Waals surface area contributed by atoms with Crippen LogP contribution in [0.3, 0.4) is 0 Å². The molecule has 1 N–H and O–H groups in total. The highest BCUT2D eigenvalue weighted by Gasteiger charge is 2.55. The minimum absolute atomic E-state index is 0.255. The number of Topliss-reactive ketones (excluding diaryl/α,β-unsaturated/α-hetero) is 1. The van der Waals surface area contributed by atoms with Gasteiger partial charge in [-0.15, -0.1) is 0 Å². The molecular weight excluding hydrogens is 386 g/mol. The number of nitrogens with zero attached hydrogens (tertiary/aromatic N) is 1. The van der Waals surface area contributed by atoms with Crippen LogP contribution < -0.4 is 4.90 Å². The van der Waals surface area contributed by atoms with E-state index in [2.05, 4.69) is 0 Å². The number of amides is 1. The number of hydrogen-bond acceptors (Lipinski definition) is 3. The van der Waals surface area contributed by atoms with Gasteiger partial charge in [-0.05, 0) is 23.8 Å². The SMILES string of the molecule is C[C@H](C(=O)c1ccccc1)[C@]1(O)C(=O)N(Cc2cccc(Cl)c2)c2ccccc21. The lowest BCUT2D eigenvalue weighted by molar-refractivity contribution is -0.139. The van der Waals surface area contributed by atoms with Crippen molar-refractivity contribution in [2.45, 2.75) is 19.1 Å². The molecule has 0 unspecified atom stereocenters. The second-order valence-corrected chi connectivity index (χ2v) is 7.69. The summed E-state index contributed by atoms with van der Waals surface area (Å²) >= 11 is 6.09. The summed E-state index contributed by atoms with van der Waals surface area (Å²) in [6.07, 6.45) is 0. The molecule has 1 amide bonds. The van der Waals surface area contributed by atoms with Crippen molar-refractivity contribution in [1.29, 1.82) is 0 Å². The van der Waals surface area contributed by atoms with E-state index >= 15 is 0 Å². The van der Waals surface area contributed by atoms with Gasteiger partial charge in [-0.2, -0.15) is 0 Å². The number of benzene rings is 3. The molecule has 0 fully saturated rings. The highest BCUT2D eigenvalue weighted by molar-refractivity contribution is 6.30. The molecule has 0 spiro atoms. The summed E-state index contributed by atoms with van der Waals surface area (Å²) in [7, 11) is 0. The van der Waals surface area contributed by atoms with Gasteiger partial charge in [-0.1, -0.05) is 79.2 Å². The third kappa shape index (κ3) is 3.24. The van der Waals surface area contributed by atoms with Gasteiger partial charge in [0, 0.05) is 16.1 Å². The Morgan fingerprint density at radius 2 is 1.72 bits per heavy atom. The van der Waals surface area contributed by atoms with Crippen LogP contribution >= 0.6 is 11.6 Å². The van der Waals surface area contributed by atoms with E-state index in [4.69, 9.17) is 11.6 Å². The van der Waals surface area contributed by atoms with Gasteiger partial charge in [0.25, 0.3) is 5.91 Å². The molecule has 29 heavy (non-hydrogen) atoms. The largest absolute Gasteiger partial charge is 0.375 e. The molecule has 1 aliphatic heterocycles. The van der Waals surface area contributed by atoms with Crippen molar-refractivity contribution in [2.75, 3.05) is 4.90 Å². The van der Waals surface area contributed by atoms with E-state index in [1.807, 2.05) is 24.3 Å². The number of carbonyl (C=O) groups excluding carboxylic acids is 2. The molecule has 1 aliphatic rings.